The second-order valence-corrected chi connectivity index (χ2v) is 6.13. The van der Waals surface area contributed by atoms with Gasteiger partial charge in [-0.2, -0.15) is 0 Å². The first-order valence-electron chi connectivity index (χ1n) is 6.56. The summed E-state index contributed by atoms with van der Waals surface area (Å²) in [6.45, 7) is 4.17. The number of ketones is 1. The standard InChI is InChI=1S/C15H19N3OS/c1-15(2)9-12(8-13(19)10-15)17-18-14(20)16-11-6-4-3-5-7-11/h3-8,17H,9-10H2,1-2H3,(H2,16,18,20). The van der Waals surface area contributed by atoms with E-state index in [1.807, 2.05) is 30.3 Å². The SMILES string of the molecule is CC1(C)CC(=O)C=C(NNC(=S)Nc2ccccc2)C1. The number of para-hydroxylation sites is 1. The van der Waals surface area contributed by atoms with Crippen LogP contribution in [0.5, 0.6) is 0 Å². The van der Waals surface area contributed by atoms with Gasteiger partial charge in [0, 0.05) is 23.9 Å². The summed E-state index contributed by atoms with van der Waals surface area (Å²) in [5.74, 6) is 0.146. The largest absolute Gasteiger partial charge is 0.331 e. The molecule has 5 heteroatoms. The van der Waals surface area contributed by atoms with Crippen LogP contribution in [0.25, 0.3) is 0 Å². The molecule has 1 aliphatic carbocycles. The maximum atomic E-state index is 11.6. The molecule has 0 fully saturated rings. The fourth-order valence-electron chi connectivity index (χ4n) is 2.25. The van der Waals surface area contributed by atoms with Crippen molar-refractivity contribution in [2.24, 2.45) is 5.41 Å². The minimum absolute atomic E-state index is 0.00960. The molecule has 1 aromatic rings. The molecule has 0 bridgehead atoms. The van der Waals surface area contributed by atoms with E-state index in [1.165, 1.54) is 0 Å². The van der Waals surface area contributed by atoms with E-state index >= 15 is 0 Å². The first kappa shape index (κ1) is 14.5. The molecular formula is C15H19N3OS. The number of allylic oxidation sites excluding steroid dienone is 2. The van der Waals surface area contributed by atoms with Gasteiger partial charge in [0.25, 0.3) is 0 Å². The van der Waals surface area contributed by atoms with Crippen LogP contribution >= 0.6 is 12.2 Å². The number of thiocarbonyl (C=S) groups is 1. The zero-order valence-electron chi connectivity index (χ0n) is 11.7. The Labute approximate surface area is 124 Å². The zero-order chi connectivity index (χ0) is 14.6. The average molecular weight is 289 g/mol. The molecule has 0 atom stereocenters. The molecule has 0 aliphatic heterocycles. The lowest BCUT2D eigenvalue weighted by Gasteiger charge is -2.29. The highest BCUT2D eigenvalue weighted by atomic mass is 32.1. The summed E-state index contributed by atoms with van der Waals surface area (Å²) in [5, 5.41) is 3.52. The van der Waals surface area contributed by atoms with Crippen molar-refractivity contribution in [3.63, 3.8) is 0 Å². The van der Waals surface area contributed by atoms with Crippen LogP contribution in [0.4, 0.5) is 5.69 Å². The molecule has 0 aromatic heterocycles. The first-order valence-corrected chi connectivity index (χ1v) is 6.97. The van der Waals surface area contributed by atoms with E-state index in [0.29, 0.717) is 11.5 Å². The molecule has 1 aliphatic rings. The van der Waals surface area contributed by atoms with Crippen molar-refractivity contribution in [1.29, 1.82) is 0 Å². The van der Waals surface area contributed by atoms with E-state index in [0.717, 1.165) is 17.8 Å². The topological polar surface area (TPSA) is 53.2 Å². The van der Waals surface area contributed by atoms with Crippen LogP contribution in [-0.4, -0.2) is 10.9 Å². The molecule has 20 heavy (non-hydrogen) atoms. The summed E-state index contributed by atoms with van der Waals surface area (Å²) in [4.78, 5) is 11.6. The molecular weight excluding hydrogens is 270 g/mol. The van der Waals surface area contributed by atoms with Crippen molar-refractivity contribution < 1.29 is 4.79 Å². The lowest BCUT2D eigenvalue weighted by molar-refractivity contribution is -0.117. The van der Waals surface area contributed by atoms with Crippen LogP contribution < -0.4 is 16.2 Å². The maximum Gasteiger partial charge on any atom is 0.189 e. The van der Waals surface area contributed by atoms with Crippen molar-refractivity contribution in [2.75, 3.05) is 5.32 Å². The van der Waals surface area contributed by atoms with Gasteiger partial charge in [0.1, 0.15) is 0 Å². The van der Waals surface area contributed by atoms with Crippen molar-refractivity contribution in [2.45, 2.75) is 26.7 Å². The highest BCUT2D eigenvalue weighted by molar-refractivity contribution is 7.80. The summed E-state index contributed by atoms with van der Waals surface area (Å²) in [5.41, 5.74) is 7.70. The molecule has 2 rings (SSSR count). The average Bonchev–Trinajstić information content (AvgIpc) is 2.35. The maximum absolute atomic E-state index is 11.6. The number of carbonyl (C=O) groups excluding carboxylic acids is 1. The summed E-state index contributed by atoms with van der Waals surface area (Å²) in [6.07, 6.45) is 3.05. The van der Waals surface area contributed by atoms with Gasteiger partial charge in [-0.1, -0.05) is 32.0 Å². The van der Waals surface area contributed by atoms with E-state index < -0.39 is 0 Å². The number of nitrogens with one attached hydrogen (secondary N) is 3. The van der Waals surface area contributed by atoms with Gasteiger partial charge in [-0.3, -0.25) is 10.2 Å². The predicted octanol–water partition coefficient (Wildman–Crippen LogP) is 2.75. The Morgan fingerprint density at radius 3 is 2.55 bits per heavy atom. The molecule has 106 valence electrons. The van der Waals surface area contributed by atoms with Crippen molar-refractivity contribution in [3.8, 4) is 0 Å². The van der Waals surface area contributed by atoms with Crippen LogP contribution in [0.2, 0.25) is 0 Å². The Kier molecular flexibility index (Phi) is 4.39. The molecule has 0 saturated carbocycles. The molecule has 0 spiro atoms. The highest BCUT2D eigenvalue weighted by Crippen LogP contribution is 2.32. The first-order chi connectivity index (χ1) is 9.44. The number of hydrogen-bond acceptors (Lipinski definition) is 3. The second kappa shape index (κ2) is 6.05. The minimum Gasteiger partial charge on any atom is -0.331 e. The van der Waals surface area contributed by atoms with Gasteiger partial charge in [-0.05, 0) is 36.2 Å². The number of hydrazine groups is 1. The number of anilines is 1. The van der Waals surface area contributed by atoms with Crippen molar-refractivity contribution >= 4 is 28.8 Å². The van der Waals surface area contributed by atoms with Crippen LogP contribution in [-0.2, 0) is 4.79 Å². The van der Waals surface area contributed by atoms with Gasteiger partial charge in [0.2, 0.25) is 0 Å². The highest BCUT2D eigenvalue weighted by Gasteiger charge is 2.27. The van der Waals surface area contributed by atoms with Crippen molar-refractivity contribution in [3.05, 3.63) is 42.1 Å². The van der Waals surface area contributed by atoms with Crippen LogP contribution in [0, 0.1) is 5.41 Å². The lowest BCUT2D eigenvalue weighted by Crippen LogP contribution is -2.41. The quantitative estimate of drug-likeness (QED) is 0.590. The number of benzene rings is 1. The van der Waals surface area contributed by atoms with Crippen molar-refractivity contribution in [1.82, 2.24) is 10.9 Å². The molecule has 4 nitrogen and oxygen atoms in total. The summed E-state index contributed by atoms with van der Waals surface area (Å²) in [7, 11) is 0. The predicted molar refractivity (Wildman–Crippen MR) is 85.0 cm³/mol. The number of rotatable bonds is 3. The molecule has 0 unspecified atom stereocenters. The molecule has 3 N–H and O–H groups in total. The molecule has 0 radical (unpaired) electrons. The Balaban J connectivity index is 1.86. The smallest absolute Gasteiger partial charge is 0.189 e. The van der Waals surface area contributed by atoms with Gasteiger partial charge < -0.3 is 10.7 Å². The second-order valence-electron chi connectivity index (χ2n) is 5.72. The van der Waals surface area contributed by atoms with E-state index in [-0.39, 0.29) is 11.2 Å². The van der Waals surface area contributed by atoms with Crippen LogP contribution in [0.1, 0.15) is 26.7 Å². The molecule has 0 saturated heterocycles. The van der Waals surface area contributed by atoms with E-state index in [1.54, 1.807) is 6.08 Å². The van der Waals surface area contributed by atoms with E-state index in [9.17, 15) is 4.79 Å². The summed E-state index contributed by atoms with van der Waals surface area (Å²) < 4.78 is 0. The fourth-order valence-corrected chi connectivity index (χ4v) is 2.42. The monoisotopic (exact) mass is 289 g/mol. The molecule has 0 heterocycles. The fraction of sp³-hybridized carbons (Fsp3) is 0.333. The summed E-state index contributed by atoms with van der Waals surface area (Å²) >= 11 is 5.19. The van der Waals surface area contributed by atoms with Gasteiger partial charge in [-0.25, -0.2) is 0 Å². The number of hydrogen-bond donors (Lipinski definition) is 3. The van der Waals surface area contributed by atoms with Crippen LogP contribution in [0.15, 0.2) is 42.1 Å². The molecule has 0 amide bonds. The Morgan fingerprint density at radius 2 is 1.90 bits per heavy atom. The summed E-state index contributed by atoms with van der Waals surface area (Å²) in [6, 6.07) is 9.67. The Hall–Kier alpha value is -1.88. The van der Waals surface area contributed by atoms with E-state index in [4.69, 9.17) is 12.2 Å². The van der Waals surface area contributed by atoms with Gasteiger partial charge in [-0.15, -0.1) is 0 Å². The Bertz CT molecular complexity index is 537. The third-order valence-electron chi connectivity index (χ3n) is 3.03. The minimum atomic E-state index is -0.00960. The van der Waals surface area contributed by atoms with Crippen LogP contribution in [0.3, 0.4) is 0 Å². The van der Waals surface area contributed by atoms with E-state index in [2.05, 4.69) is 30.0 Å². The van der Waals surface area contributed by atoms with Gasteiger partial charge in [0.15, 0.2) is 10.9 Å². The number of carbonyl (C=O) groups is 1. The lowest BCUT2D eigenvalue weighted by atomic mass is 9.79. The zero-order valence-corrected chi connectivity index (χ0v) is 12.5. The van der Waals surface area contributed by atoms with Gasteiger partial charge >= 0.3 is 0 Å². The van der Waals surface area contributed by atoms with Gasteiger partial charge in [0.05, 0.1) is 0 Å². The Morgan fingerprint density at radius 1 is 1.20 bits per heavy atom. The normalized spacial score (nSPS) is 17.1. The molecule has 1 aromatic carbocycles. The third-order valence-corrected chi connectivity index (χ3v) is 3.23. The third kappa shape index (κ3) is 4.35.